The van der Waals surface area contributed by atoms with Crippen molar-refractivity contribution in [3.8, 4) is 28.6 Å². The van der Waals surface area contributed by atoms with Gasteiger partial charge < -0.3 is 9.55 Å². The van der Waals surface area contributed by atoms with Crippen LogP contribution in [0.15, 0.2) is 53.5 Å². The normalized spacial score (nSPS) is 10.4. The Morgan fingerprint density at radius 3 is 2.64 bits per heavy atom. The van der Waals surface area contributed by atoms with Crippen molar-refractivity contribution in [1.29, 1.82) is 5.26 Å². The maximum atomic E-state index is 12.3. The third-order valence-electron chi connectivity index (χ3n) is 3.69. The van der Waals surface area contributed by atoms with E-state index in [1.54, 1.807) is 0 Å². The van der Waals surface area contributed by atoms with Crippen LogP contribution in [0.5, 0.6) is 0 Å². The van der Waals surface area contributed by atoms with Crippen LogP contribution >= 0.6 is 0 Å². The molecule has 0 radical (unpaired) electrons. The summed E-state index contributed by atoms with van der Waals surface area (Å²) in [7, 11) is 1.89. The summed E-state index contributed by atoms with van der Waals surface area (Å²) in [6, 6.07) is 15.6. The lowest BCUT2D eigenvalue weighted by Gasteiger charge is -2.09. The number of aromatic nitrogens is 2. The standard InChI is InChI=1S/C18H15N3O/c1-12-5-3-6-13(9-12)16-10-14(15(11-19)18(22)20-16)17-7-4-8-21(17)2/h3-10H,1-2H3,(H,20,22). The monoisotopic (exact) mass is 289 g/mol. The van der Waals surface area contributed by atoms with E-state index in [9.17, 15) is 10.1 Å². The minimum Gasteiger partial charge on any atom is -0.351 e. The van der Waals surface area contributed by atoms with Gasteiger partial charge in [-0.1, -0.05) is 23.8 Å². The van der Waals surface area contributed by atoms with Crippen LogP contribution in [0.3, 0.4) is 0 Å². The molecule has 2 heterocycles. The van der Waals surface area contributed by atoms with E-state index in [1.165, 1.54) is 0 Å². The maximum absolute atomic E-state index is 12.3. The number of nitrogens with one attached hydrogen (secondary N) is 1. The summed E-state index contributed by atoms with van der Waals surface area (Å²) in [5.41, 5.74) is 4.02. The first-order valence-electron chi connectivity index (χ1n) is 6.96. The van der Waals surface area contributed by atoms with Gasteiger partial charge in [-0.2, -0.15) is 5.26 Å². The number of benzene rings is 1. The largest absolute Gasteiger partial charge is 0.351 e. The predicted molar refractivity (Wildman–Crippen MR) is 86.4 cm³/mol. The minimum absolute atomic E-state index is 0.137. The molecule has 0 aliphatic heterocycles. The molecule has 0 amide bonds. The number of pyridine rings is 1. The molecule has 0 aliphatic rings. The van der Waals surface area contributed by atoms with Crippen molar-refractivity contribution >= 4 is 0 Å². The first-order valence-corrected chi connectivity index (χ1v) is 6.96. The van der Waals surface area contributed by atoms with E-state index in [-0.39, 0.29) is 11.1 Å². The molecule has 4 nitrogen and oxygen atoms in total. The number of aryl methyl sites for hydroxylation is 2. The van der Waals surface area contributed by atoms with E-state index in [2.05, 4.69) is 4.98 Å². The molecule has 0 saturated carbocycles. The Balaban J connectivity index is 2.29. The highest BCUT2D eigenvalue weighted by molar-refractivity contribution is 5.73. The average Bonchev–Trinajstić information content (AvgIpc) is 2.92. The Bertz CT molecular complexity index is 941. The molecule has 2 aromatic heterocycles. The first-order chi connectivity index (χ1) is 10.6. The summed E-state index contributed by atoms with van der Waals surface area (Å²) >= 11 is 0. The Kier molecular flexibility index (Phi) is 3.40. The van der Waals surface area contributed by atoms with Gasteiger partial charge in [-0.15, -0.1) is 0 Å². The van der Waals surface area contributed by atoms with Gasteiger partial charge in [0.25, 0.3) is 5.56 Å². The Hall–Kier alpha value is -3.06. The molecule has 0 aliphatic carbocycles. The summed E-state index contributed by atoms with van der Waals surface area (Å²) in [5, 5.41) is 9.32. The minimum atomic E-state index is -0.363. The molecule has 1 N–H and O–H groups in total. The van der Waals surface area contributed by atoms with Crippen LogP contribution in [-0.2, 0) is 7.05 Å². The maximum Gasteiger partial charge on any atom is 0.267 e. The SMILES string of the molecule is Cc1cccc(-c2cc(-c3cccn3C)c(C#N)c(=O)[nH]2)c1. The van der Waals surface area contributed by atoms with E-state index in [0.29, 0.717) is 11.3 Å². The molecular weight excluding hydrogens is 274 g/mol. The van der Waals surface area contributed by atoms with Crippen molar-refractivity contribution in [3.63, 3.8) is 0 Å². The van der Waals surface area contributed by atoms with Gasteiger partial charge >= 0.3 is 0 Å². The fraction of sp³-hybridized carbons (Fsp3) is 0.111. The summed E-state index contributed by atoms with van der Waals surface area (Å²) in [4.78, 5) is 15.1. The summed E-state index contributed by atoms with van der Waals surface area (Å²) in [5.74, 6) is 0. The molecular formula is C18H15N3O. The lowest BCUT2D eigenvalue weighted by Crippen LogP contribution is -2.13. The van der Waals surface area contributed by atoms with Crippen molar-refractivity contribution in [2.45, 2.75) is 6.92 Å². The molecule has 0 fully saturated rings. The third kappa shape index (κ3) is 2.33. The molecule has 1 aromatic carbocycles. The zero-order valence-corrected chi connectivity index (χ0v) is 12.4. The molecule has 3 rings (SSSR count). The molecule has 0 bridgehead atoms. The summed E-state index contributed by atoms with van der Waals surface area (Å²) < 4.78 is 1.90. The number of hydrogen-bond acceptors (Lipinski definition) is 2. The lowest BCUT2D eigenvalue weighted by molar-refractivity contribution is 0.935. The van der Waals surface area contributed by atoms with E-state index in [4.69, 9.17) is 0 Å². The third-order valence-corrected chi connectivity index (χ3v) is 3.69. The molecule has 0 unspecified atom stereocenters. The number of hydrogen-bond donors (Lipinski definition) is 1. The Labute approximate surface area is 128 Å². The zero-order valence-electron chi connectivity index (χ0n) is 12.4. The van der Waals surface area contributed by atoms with Crippen molar-refractivity contribution in [2.75, 3.05) is 0 Å². The second-order valence-corrected chi connectivity index (χ2v) is 5.29. The van der Waals surface area contributed by atoms with Gasteiger partial charge in [-0.3, -0.25) is 4.79 Å². The molecule has 22 heavy (non-hydrogen) atoms. The molecule has 108 valence electrons. The number of aromatic amines is 1. The quantitative estimate of drug-likeness (QED) is 0.787. The Morgan fingerprint density at radius 1 is 1.18 bits per heavy atom. The van der Waals surface area contributed by atoms with Crippen LogP contribution in [0.2, 0.25) is 0 Å². The van der Waals surface area contributed by atoms with Gasteiger partial charge in [0.15, 0.2) is 0 Å². The van der Waals surface area contributed by atoms with Crippen LogP contribution in [-0.4, -0.2) is 9.55 Å². The fourth-order valence-electron chi connectivity index (χ4n) is 2.58. The van der Waals surface area contributed by atoms with Gasteiger partial charge in [0, 0.05) is 30.2 Å². The second kappa shape index (κ2) is 5.38. The number of rotatable bonds is 2. The molecule has 3 aromatic rings. The smallest absolute Gasteiger partial charge is 0.267 e. The van der Waals surface area contributed by atoms with Gasteiger partial charge in [0.05, 0.1) is 0 Å². The first kappa shape index (κ1) is 13.9. The second-order valence-electron chi connectivity index (χ2n) is 5.29. The van der Waals surface area contributed by atoms with Crippen LogP contribution in [0.1, 0.15) is 11.1 Å². The van der Waals surface area contributed by atoms with E-state index in [0.717, 1.165) is 16.8 Å². The van der Waals surface area contributed by atoms with Crippen molar-refractivity contribution in [3.05, 3.63) is 70.1 Å². The van der Waals surface area contributed by atoms with E-state index >= 15 is 0 Å². The van der Waals surface area contributed by atoms with Gasteiger partial charge in [0.1, 0.15) is 11.6 Å². The number of nitriles is 1. The van der Waals surface area contributed by atoms with Gasteiger partial charge in [-0.05, 0) is 36.8 Å². The Morgan fingerprint density at radius 2 is 2.00 bits per heavy atom. The molecule has 0 atom stereocenters. The van der Waals surface area contributed by atoms with Crippen LogP contribution < -0.4 is 5.56 Å². The number of nitrogens with zero attached hydrogens (tertiary/aromatic N) is 2. The highest BCUT2D eigenvalue weighted by Gasteiger charge is 2.14. The predicted octanol–water partition coefficient (Wildman–Crippen LogP) is 3.23. The van der Waals surface area contributed by atoms with Crippen molar-refractivity contribution in [1.82, 2.24) is 9.55 Å². The molecule has 0 saturated heterocycles. The topological polar surface area (TPSA) is 61.6 Å². The number of H-pyrrole nitrogens is 1. The zero-order chi connectivity index (χ0) is 15.7. The van der Waals surface area contributed by atoms with E-state index in [1.807, 2.05) is 73.3 Å². The highest BCUT2D eigenvalue weighted by atomic mass is 16.1. The average molecular weight is 289 g/mol. The van der Waals surface area contributed by atoms with Crippen LogP contribution in [0.25, 0.3) is 22.5 Å². The summed E-state index contributed by atoms with van der Waals surface area (Å²) in [6.07, 6.45) is 1.89. The van der Waals surface area contributed by atoms with Gasteiger partial charge in [0.2, 0.25) is 0 Å². The van der Waals surface area contributed by atoms with Crippen molar-refractivity contribution in [2.24, 2.45) is 7.05 Å². The van der Waals surface area contributed by atoms with E-state index < -0.39 is 0 Å². The summed E-state index contributed by atoms with van der Waals surface area (Å²) in [6.45, 7) is 2.00. The molecule has 0 spiro atoms. The lowest BCUT2D eigenvalue weighted by atomic mass is 10.0. The highest BCUT2D eigenvalue weighted by Crippen LogP contribution is 2.26. The van der Waals surface area contributed by atoms with Crippen molar-refractivity contribution < 1.29 is 0 Å². The molecule has 4 heteroatoms. The van der Waals surface area contributed by atoms with Crippen LogP contribution in [0, 0.1) is 18.3 Å². The van der Waals surface area contributed by atoms with Crippen LogP contribution in [0.4, 0.5) is 0 Å². The van der Waals surface area contributed by atoms with Gasteiger partial charge in [-0.25, -0.2) is 0 Å². The fourth-order valence-corrected chi connectivity index (χ4v) is 2.58.